The molecule has 1 radical (unpaired) electrons. The van der Waals surface area contributed by atoms with Gasteiger partial charge in [-0.15, -0.1) is 0 Å². The first-order chi connectivity index (χ1) is 4.47. The summed E-state index contributed by atoms with van der Waals surface area (Å²) in [5, 5.41) is 3.58. The largest absolute Gasteiger partial charge is 0.387 e. The van der Waals surface area contributed by atoms with Gasteiger partial charge in [-0.1, -0.05) is 23.4 Å². The third-order valence-electron chi connectivity index (χ3n) is 1.46. The summed E-state index contributed by atoms with van der Waals surface area (Å²) in [7, 11) is 0. The lowest BCUT2D eigenvalue weighted by molar-refractivity contribution is 0.105. The highest BCUT2D eigenvalue weighted by Crippen LogP contribution is 2.18. The molecule has 0 bridgehead atoms. The van der Waals surface area contributed by atoms with E-state index >= 15 is 0 Å². The maximum Gasteiger partial charge on any atom is 0.158 e. The van der Waals surface area contributed by atoms with Crippen molar-refractivity contribution in [3.8, 4) is 0 Å². The highest BCUT2D eigenvalue weighted by atomic mass is 16.6. The van der Waals surface area contributed by atoms with Gasteiger partial charge in [0.15, 0.2) is 6.10 Å². The molecule has 2 nitrogen and oxygen atoms in total. The molecule has 0 N–H and O–H groups in total. The normalized spacial score (nSPS) is 36.4. The van der Waals surface area contributed by atoms with Crippen molar-refractivity contribution in [2.24, 2.45) is 11.1 Å². The van der Waals surface area contributed by atoms with E-state index in [1.165, 1.54) is 0 Å². The summed E-state index contributed by atoms with van der Waals surface area (Å²) in [6, 6.07) is 0. The minimum Gasteiger partial charge on any atom is -0.387 e. The van der Waals surface area contributed by atoms with E-state index in [0.717, 1.165) is 0 Å². The van der Waals surface area contributed by atoms with E-state index in [2.05, 4.69) is 11.4 Å². The van der Waals surface area contributed by atoms with E-state index in [9.17, 15) is 0 Å². The van der Waals surface area contributed by atoms with Crippen molar-refractivity contribution in [3.63, 3.8) is 0 Å². The molecule has 45 valence electrons. The first kappa shape index (κ1) is 4.79. The van der Waals surface area contributed by atoms with Gasteiger partial charge in [-0.25, -0.2) is 0 Å². The molecule has 1 aliphatic heterocycles. The van der Waals surface area contributed by atoms with Crippen LogP contribution < -0.4 is 0 Å². The summed E-state index contributed by atoms with van der Waals surface area (Å²) in [5.74, 6) is 0.259. The summed E-state index contributed by atoms with van der Waals surface area (Å²) < 4.78 is 0. The second-order valence-electron chi connectivity index (χ2n) is 2.09. The van der Waals surface area contributed by atoms with Gasteiger partial charge in [0.1, 0.15) is 6.21 Å². The monoisotopic (exact) mass is 120 g/mol. The lowest BCUT2D eigenvalue weighted by Gasteiger charge is -2.09. The molecule has 0 spiro atoms. The first-order valence-corrected chi connectivity index (χ1v) is 2.93. The lowest BCUT2D eigenvalue weighted by Crippen LogP contribution is -2.14. The maximum absolute atomic E-state index is 4.93. The Morgan fingerprint density at radius 1 is 1.33 bits per heavy atom. The van der Waals surface area contributed by atoms with Crippen LogP contribution in [0.1, 0.15) is 0 Å². The molecular formula is C7H6NO. The molecule has 2 atom stereocenters. The van der Waals surface area contributed by atoms with Gasteiger partial charge in [0.2, 0.25) is 0 Å². The first-order valence-electron chi connectivity index (χ1n) is 2.93. The third-order valence-corrected chi connectivity index (χ3v) is 1.46. The number of hydrogen-bond acceptors (Lipinski definition) is 2. The molecule has 0 saturated carbocycles. The highest BCUT2D eigenvalue weighted by Gasteiger charge is 2.23. The van der Waals surface area contributed by atoms with E-state index in [0.29, 0.717) is 0 Å². The van der Waals surface area contributed by atoms with Crippen LogP contribution in [0, 0.1) is 5.92 Å². The maximum atomic E-state index is 4.93. The average molecular weight is 120 g/mol. The second-order valence-corrected chi connectivity index (χ2v) is 2.09. The van der Waals surface area contributed by atoms with Crippen molar-refractivity contribution < 1.29 is 4.84 Å². The predicted molar refractivity (Wildman–Crippen MR) is 34.1 cm³/mol. The predicted octanol–water partition coefficient (Wildman–Crippen LogP) is 0.990. The Kier molecular flexibility index (Phi) is 0.918. The fourth-order valence-electron chi connectivity index (χ4n) is 0.956. The van der Waals surface area contributed by atoms with Crippen molar-refractivity contribution in [2.45, 2.75) is 6.10 Å². The Morgan fingerprint density at radius 3 is 3.11 bits per heavy atom. The number of rotatable bonds is 0. The topological polar surface area (TPSA) is 21.6 Å². The number of nitrogens with zero attached hydrogens (tertiary/aromatic N) is 1. The number of hydrogen-bond donors (Lipinski definition) is 0. The van der Waals surface area contributed by atoms with Crippen molar-refractivity contribution in [1.29, 1.82) is 0 Å². The fraction of sp³-hybridized carbons (Fsp3) is 0.286. The lowest BCUT2D eigenvalue weighted by atomic mass is 10.0. The van der Waals surface area contributed by atoms with Gasteiger partial charge in [-0.3, -0.25) is 0 Å². The van der Waals surface area contributed by atoms with Crippen molar-refractivity contribution in [2.75, 3.05) is 0 Å². The highest BCUT2D eigenvalue weighted by molar-refractivity contribution is 5.66. The van der Waals surface area contributed by atoms with Crippen molar-refractivity contribution in [1.82, 2.24) is 0 Å². The van der Waals surface area contributed by atoms with Crippen LogP contribution in [0.2, 0.25) is 0 Å². The molecule has 1 aliphatic carbocycles. The summed E-state index contributed by atoms with van der Waals surface area (Å²) in [6.07, 6.45) is 10.9. The molecule has 0 aromatic heterocycles. The SMILES string of the molecule is [C]1=NOC2C=CC=CC12. The number of allylic oxidation sites excluding steroid dienone is 2. The zero-order chi connectivity index (χ0) is 6.10. The second kappa shape index (κ2) is 1.72. The van der Waals surface area contributed by atoms with Gasteiger partial charge >= 0.3 is 0 Å². The van der Waals surface area contributed by atoms with Crippen LogP contribution in [0.15, 0.2) is 29.5 Å². The molecule has 2 aliphatic rings. The Hall–Kier alpha value is -1.05. The average Bonchev–Trinajstić information content (AvgIpc) is 2.33. The molecule has 9 heavy (non-hydrogen) atoms. The van der Waals surface area contributed by atoms with E-state index in [1.54, 1.807) is 0 Å². The Labute approximate surface area is 53.5 Å². The standard InChI is InChI=1S/C7H6NO/c1-2-4-7-6(3-1)5-8-9-7/h1-4,6-7H. The van der Waals surface area contributed by atoms with Gasteiger partial charge in [-0.2, -0.15) is 0 Å². The van der Waals surface area contributed by atoms with Crippen LogP contribution >= 0.6 is 0 Å². The molecule has 0 aromatic rings. The van der Waals surface area contributed by atoms with Crippen LogP contribution in [0.3, 0.4) is 0 Å². The Bertz CT molecular complexity index is 193. The number of fused-ring (bicyclic) bond motifs is 1. The van der Waals surface area contributed by atoms with Gasteiger partial charge in [0, 0.05) is 0 Å². The molecule has 2 rings (SSSR count). The summed E-state index contributed by atoms with van der Waals surface area (Å²) in [6.45, 7) is 0. The Balaban J connectivity index is 2.25. The molecule has 0 saturated heterocycles. The molecule has 0 aromatic carbocycles. The zero-order valence-corrected chi connectivity index (χ0v) is 4.82. The minimum atomic E-state index is 0.120. The van der Waals surface area contributed by atoms with E-state index in [4.69, 9.17) is 4.84 Å². The quantitative estimate of drug-likeness (QED) is 0.467. The van der Waals surface area contributed by atoms with Gasteiger partial charge in [-0.05, 0) is 6.08 Å². The smallest absolute Gasteiger partial charge is 0.158 e. The van der Waals surface area contributed by atoms with Crippen LogP contribution in [-0.2, 0) is 4.84 Å². The van der Waals surface area contributed by atoms with Crippen molar-refractivity contribution >= 4 is 6.21 Å². The zero-order valence-electron chi connectivity index (χ0n) is 4.82. The van der Waals surface area contributed by atoms with E-state index < -0.39 is 0 Å². The van der Waals surface area contributed by atoms with Gasteiger partial charge in [0.25, 0.3) is 0 Å². The van der Waals surface area contributed by atoms with E-state index in [1.807, 2.05) is 24.3 Å². The summed E-state index contributed by atoms with van der Waals surface area (Å²) in [5.41, 5.74) is 0. The molecule has 0 amide bonds. The molecule has 2 unspecified atom stereocenters. The fourth-order valence-corrected chi connectivity index (χ4v) is 0.956. The van der Waals surface area contributed by atoms with Gasteiger partial charge < -0.3 is 4.84 Å². The van der Waals surface area contributed by atoms with Crippen molar-refractivity contribution in [3.05, 3.63) is 24.3 Å². The molecule has 0 fully saturated rings. The molecular weight excluding hydrogens is 114 g/mol. The molecule has 1 heterocycles. The van der Waals surface area contributed by atoms with Gasteiger partial charge in [0.05, 0.1) is 5.92 Å². The minimum absolute atomic E-state index is 0.120. The van der Waals surface area contributed by atoms with Crippen LogP contribution in [-0.4, -0.2) is 12.3 Å². The van der Waals surface area contributed by atoms with Crippen LogP contribution in [0.5, 0.6) is 0 Å². The van der Waals surface area contributed by atoms with Crippen LogP contribution in [0.25, 0.3) is 0 Å². The summed E-state index contributed by atoms with van der Waals surface area (Å²) in [4.78, 5) is 4.93. The third kappa shape index (κ3) is 0.669. The summed E-state index contributed by atoms with van der Waals surface area (Å²) >= 11 is 0. The molecule has 2 heteroatoms. The van der Waals surface area contributed by atoms with E-state index in [-0.39, 0.29) is 12.0 Å². The van der Waals surface area contributed by atoms with Crippen LogP contribution in [0.4, 0.5) is 0 Å². The Morgan fingerprint density at radius 2 is 2.22 bits per heavy atom.